The molecule has 0 spiro atoms. The second kappa shape index (κ2) is 48.4. The standard InChI is InChI=1S/C54H94NO10P/c1-3-5-7-9-11-13-15-17-19-21-23-24-25-26-28-30-32-34-36-38-40-42-44-46-53(57)65-50(48-63-66(60,61)64-49-51(55)54(58)59)47-62-52(56)45-43-41-39-37-35-33-31-29-27-22-20-18-16-14-12-10-8-6-4-2/h6,8,12,14,18,20,27,29,33,35,38,40,50-51H,3-5,7,9-11,13,15-17,19,21-26,28,30-32,34,36-37,39,41-49,55H2,1-2H3,(H,58,59)(H,60,61)/b8-6+,14-12+,20-18+,29-27+,35-33+,40-38+/t50-,51+/m1/s1. The van der Waals surface area contributed by atoms with Crippen LogP contribution < -0.4 is 5.73 Å². The monoisotopic (exact) mass is 948 g/mol. The highest BCUT2D eigenvalue weighted by Crippen LogP contribution is 2.43. The molecule has 0 bridgehead atoms. The number of esters is 2. The lowest BCUT2D eigenvalue weighted by Crippen LogP contribution is -2.34. The van der Waals surface area contributed by atoms with Crippen molar-refractivity contribution in [3.63, 3.8) is 0 Å². The molecule has 66 heavy (non-hydrogen) atoms. The second-order valence-electron chi connectivity index (χ2n) is 17.3. The fraction of sp³-hybridized carbons (Fsp3) is 0.722. The quantitative estimate of drug-likeness (QED) is 0.0229. The number of carbonyl (C=O) groups is 3. The molecule has 0 aliphatic rings. The van der Waals surface area contributed by atoms with Gasteiger partial charge in [0.1, 0.15) is 12.6 Å². The number of carboxylic acids is 1. The highest BCUT2D eigenvalue weighted by molar-refractivity contribution is 7.47. The molecule has 0 aromatic carbocycles. The van der Waals surface area contributed by atoms with E-state index in [1.165, 1.54) is 109 Å². The van der Waals surface area contributed by atoms with Crippen LogP contribution in [0.1, 0.15) is 219 Å². The van der Waals surface area contributed by atoms with E-state index in [2.05, 4.69) is 91.3 Å². The zero-order valence-corrected chi connectivity index (χ0v) is 42.4. The first-order chi connectivity index (χ1) is 32.1. The van der Waals surface area contributed by atoms with Gasteiger partial charge in [-0.05, 0) is 77.0 Å². The van der Waals surface area contributed by atoms with Crippen LogP contribution in [-0.2, 0) is 37.5 Å². The number of rotatable bonds is 48. The van der Waals surface area contributed by atoms with Gasteiger partial charge in [0.25, 0.3) is 0 Å². The van der Waals surface area contributed by atoms with Crippen LogP contribution in [-0.4, -0.2) is 59.9 Å². The molecule has 0 aromatic heterocycles. The van der Waals surface area contributed by atoms with Crippen LogP contribution >= 0.6 is 7.82 Å². The van der Waals surface area contributed by atoms with Gasteiger partial charge in [-0.3, -0.25) is 23.4 Å². The number of allylic oxidation sites excluding steroid dienone is 12. The molecule has 0 fully saturated rings. The van der Waals surface area contributed by atoms with Crippen molar-refractivity contribution in [1.29, 1.82) is 0 Å². The van der Waals surface area contributed by atoms with Gasteiger partial charge in [-0.25, -0.2) is 4.57 Å². The normalized spacial score (nSPS) is 14.1. The van der Waals surface area contributed by atoms with E-state index in [4.69, 9.17) is 24.8 Å². The molecule has 1 unspecified atom stereocenters. The van der Waals surface area contributed by atoms with Gasteiger partial charge < -0.3 is 25.2 Å². The summed E-state index contributed by atoms with van der Waals surface area (Å²) in [4.78, 5) is 46.2. The lowest BCUT2D eigenvalue weighted by atomic mass is 10.0. The van der Waals surface area contributed by atoms with E-state index in [0.29, 0.717) is 19.3 Å². The number of hydrogen-bond acceptors (Lipinski definition) is 9. The van der Waals surface area contributed by atoms with Gasteiger partial charge in [-0.1, -0.05) is 202 Å². The maximum Gasteiger partial charge on any atom is 0.472 e. The number of ether oxygens (including phenoxy) is 2. The van der Waals surface area contributed by atoms with E-state index in [1.807, 2.05) is 0 Å². The zero-order chi connectivity index (χ0) is 48.4. The second-order valence-corrected chi connectivity index (χ2v) is 18.7. The van der Waals surface area contributed by atoms with Crippen molar-refractivity contribution < 1.29 is 47.5 Å². The summed E-state index contributed by atoms with van der Waals surface area (Å²) >= 11 is 0. The molecule has 0 heterocycles. The molecule has 0 aliphatic heterocycles. The Morgan fingerprint density at radius 3 is 1.33 bits per heavy atom. The van der Waals surface area contributed by atoms with E-state index in [0.717, 1.165) is 64.2 Å². The Morgan fingerprint density at radius 1 is 0.485 bits per heavy atom. The lowest BCUT2D eigenvalue weighted by Gasteiger charge is -2.20. The van der Waals surface area contributed by atoms with Crippen LogP contribution in [0.5, 0.6) is 0 Å². The molecule has 4 N–H and O–H groups in total. The molecule has 0 amide bonds. The Kier molecular flexibility index (Phi) is 46.1. The number of carboxylic acid groups (broad SMARTS) is 1. The molecule has 0 aromatic rings. The summed E-state index contributed by atoms with van der Waals surface area (Å²) in [7, 11) is -4.74. The van der Waals surface area contributed by atoms with Gasteiger partial charge in [0.2, 0.25) is 0 Å². The summed E-state index contributed by atoms with van der Waals surface area (Å²) in [6, 6.07) is -1.53. The predicted molar refractivity (Wildman–Crippen MR) is 272 cm³/mol. The average Bonchev–Trinajstić information content (AvgIpc) is 3.30. The summed E-state index contributed by atoms with van der Waals surface area (Å²) in [5.74, 6) is -2.46. The molecule has 380 valence electrons. The van der Waals surface area contributed by atoms with Crippen molar-refractivity contribution in [2.45, 2.75) is 231 Å². The molecule has 11 nitrogen and oxygen atoms in total. The van der Waals surface area contributed by atoms with Gasteiger partial charge in [0.05, 0.1) is 13.2 Å². The smallest absolute Gasteiger partial charge is 0.472 e. The van der Waals surface area contributed by atoms with E-state index >= 15 is 0 Å². The third kappa shape index (κ3) is 47.4. The van der Waals surface area contributed by atoms with E-state index < -0.39 is 51.1 Å². The highest BCUT2D eigenvalue weighted by Gasteiger charge is 2.28. The molecule has 0 saturated carbocycles. The Balaban J connectivity index is 4.32. The molecule has 12 heteroatoms. The zero-order valence-electron chi connectivity index (χ0n) is 41.5. The molecule has 0 aliphatic carbocycles. The van der Waals surface area contributed by atoms with Crippen molar-refractivity contribution >= 4 is 25.7 Å². The van der Waals surface area contributed by atoms with Crippen LogP contribution in [0.25, 0.3) is 0 Å². The molecule has 0 radical (unpaired) electrons. The van der Waals surface area contributed by atoms with Crippen molar-refractivity contribution in [2.75, 3.05) is 19.8 Å². The van der Waals surface area contributed by atoms with Crippen molar-refractivity contribution in [2.24, 2.45) is 5.73 Å². The van der Waals surface area contributed by atoms with Crippen LogP contribution in [0.4, 0.5) is 0 Å². The first kappa shape index (κ1) is 62.9. The fourth-order valence-electron chi connectivity index (χ4n) is 6.92. The minimum atomic E-state index is -4.74. The van der Waals surface area contributed by atoms with Crippen molar-refractivity contribution in [1.82, 2.24) is 0 Å². The number of unbranched alkanes of at least 4 members (excludes halogenated alkanes) is 22. The van der Waals surface area contributed by atoms with Gasteiger partial charge in [-0.15, -0.1) is 0 Å². The summed E-state index contributed by atoms with van der Waals surface area (Å²) in [6.07, 6.45) is 59.8. The van der Waals surface area contributed by atoms with E-state index in [-0.39, 0.29) is 19.4 Å². The topological polar surface area (TPSA) is 172 Å². The summed E-state index contributed by atoms with van der Waals surface area (Å²) in [5, 5.41) is 8.92. The Labute approximate surface area is 401 Å². The minimum Gasteiger partial charge on any atom is -0.480 e. The lowest BCUT2D eigenvalue weighted by molar-refractivity contribution is -0.161. The highest BCUT2D eigenvalue weighted by atomic mass is 31.2. The maximum atomic E-state index is 12.7. The predicted octanol–water partition coefficient (Wildman–Crippen LogP) is 14.8. The largest absolute Gasteiger partial charge is 0.480 e. The summed E-state index contributed by atoms with van der Waals surface area (Å²) < 4.78 is 32.8. The number of carbonyl (C=O) groups excluding carboxylic acids is 2. The Hall–Kier alpha value is -3.08. The third-order valence-electron chi connectivity index (χ3n) is 10.9. The molecule has 0 saturated heterocycles. The first-order valence-electron chi connectivity index (χ1n) is 26.0. The number of hydrogen-bond donors (Lipinski definition) is 3. The van der Waals surface area contributed by atoms with Crippen molar-refractivity contribution in [3.05, 3.63) is 72.9 Å². The Bertz CT molecular complexity index is 1390. The number of phosphoric ester groups is 1. The number of aliphatic carboxylic acids is 1. The van der Waals surface area contributed by atoms with E-state index in [9.17, 15) is 23.8 Å². The van der Waals surface area contributed by atoms with Gasteiger partial charge in [-0.2, -0.15) is 0 Å². The summed E-state index contributed by atoms with van der Waals surface area (Å²) in [5.41, 5.74) is 5.35. The van der Waals surface area contributed by atoms with Crippen molar-refractivity contribution in [3.8, 4) is 0 Å². The molecular formula is C54H94NO10P. The molecule has 0 rings (SSSR count). The summed E-state index contributed by atoms with van der Waals surface area (Å²) in [6.45, 7) is 2.66. The van der Waals surface area contributed by atoms with Crippen LogP contribution in [0.2, 0.25) is 0 Å². The van der Waals surface area contributed by atoms with E-state index in [1.54, 1.807) is 0 Å². The SMILES string of the molecule is CC/C=C/C/C=C/C/C=C/C/C=C/C/C=C/CCCCCC(=O)OC[C@H](COP(=O)(O)OC[C@H](N)C(=O)O)OC(=O)CCC/C=C/CCCCCCCCCCCCCCCCCCCC. The van der Waals surface area contributed by atoms with Gasteiger partial charge >= 0.3 is 25.7 Å². The number of phosphoric acid groups is 1. The fourth-order valence-corrected chi connectivity index (χ4v) is 7.70. The third-order valence-corrected chi connectivity index (χ3v) is 11.9. The van der Waals surface area contributed by atoms with Crippen LogP contribution in [0.3, 0.4) is 0 Å². The molecular weight excluding hydrogens is 854 g/mol. The minimum absolute atomic E-state index is 0.104. The van der Waals surface area contributed by atoms with Gasteiger partial charge in [0.15, 0.2) is 6.10 Å². The Morgan fingerprint density at radius 2 is 0.864 bits per heavy atom. The van der Waals surface area contributed by atoms with Crippen LogP contribution in [0.15, 0.2) is 72.9 Å². The number of nitrogens with two attached hydrogens (primary N) is 1. The maximum absolute atomic E-state index is 12.7. The molecule has 3 atom stereocenters. The average molecular weight is 948 g/mol. The first-order valence-corrected chi connectivity index (χ1v) is 27.5. The van der Waals surface area contributed by atoms with Crippen LogP contribution in [0, 0.1) is 0 Å². The van der Waals surface area contributed by atoms with Gasteiger partial charge in [0, 0.05) is 12.8 Å².